The van der Waals surface area contributed by atoms with Gasteiger partial charge in [0.1, 0.15) is 5.92 Å². The van der Waals surface area contributed by atoms with Gasteiger partial charge in [0.05, 0.1) is 0 Å². The second-order valence-corrected chi connectivity index (χ2v) is 8.04. The predicted molar refractivity (Wildman–Crippen MR) is 138 cm³/mol. The smallest absolute Gasteiger partial charge is 0.255 e. The molecule has 0 radical (unpaired) electrons. The maximum atomic E-state index is 11.3. The van der Waals surface area contributed by atoms with Crippen LogP contribution in [0.5, 0.6) is 0 Å². The highest BCUT2D eigenvalue weighted by atomic mass is 16.5. The monoisotopic (exact) mass is 479 g/mol. The topological polar surface area (TPSA) is 98.7 Å². The van der Waals surface area contributed by atoms with Gasteiger partial charge in [-0.2, -0.15) is 0 Å². The molecule has 0 aliphatic heterocycles. The minimum atomic E-state index is -0.852. The summed E-state index contributed by atoms with van der Waals surface area (Å²) >= 11 is 0. The molecule has 2 aromatic rings. The van der Waals surface area contributed by atoms with E-state index in [0.29, 0.717) is 0 Å². The van der Waals surface area contributed by atoms with Gasteiger partial charge in [0, 0.05) is 36.3 Å². The van der Waals surface area contributed by atoms with Crippen molar-refractivity contribution in [1.29, 1.82) is 0 Å². The number of carbonyl (C=O) groups excluding carboxylic acids is 3. The minimum Gasteiger partial charge on any atom is -0.358 e. The van der Waals surface area contributed by atoms with Crippen LogP contribution in [0.2, 0.25) is 0 Å². The Morgan fingerprint density at radius 3 is 1.86 bits per heavy atom. The molecule has 35 heavy (non-hydrogen) atoms. The summed E-state index contributed by atoms with van der Waals surface area (Å²) in [6, 6.07) is 16.7. The molecule has 7 heteroatoms. The van der Waals surface area contributed by atoms with Crippen molar-refractivity contribution in [2.75, 3.05) is 14.1 Å². The van der Waals surface area contributed by atoms with Crippen LogP contribution >= 0.6 is 0 Å². The van der Waals surface area contributed by atoms with Crippen LogP contribution in [0.15, 0.2) is 48.5 Å². The summed E-state index contributed by atoms with van der Waals surface area (Å²) in [6.07, 6.45) is 2.67. The summed E-state index contributed by atoms with van der Waals surface area (Å²) in [5, 5.41) is 10.3. The van der Waals surface area contributed by atoms with Gasteiger partial charge in [-0.3, -0.25) is 24.5 Å². The van der Waals surface area contributed by atoms with Crippen molar-refractivity contribution in [3.8, 4) is 11.8 Å². The first-order valence-corrected chi connectivity index (χ1v) is 11.8. The number of Topliss-reactive ketones (excluding diaryl/α,β-unsaturated/α-hetero) is 1. The van der Waals surface area contributed by atoms with Crippen LogP contribution in [-0.2, 0) is 16.1 Å². The lowest BCUT2D eigenvalue weighted by atomic mass is 10.1. The van der Waals surface area contributed by atoms with Crippen LogP contribution in [-0.4, -0.2) is 47.8 Å². The number of hydrogen-bond acceptors (Lipinski definition) is 5. The van der Waals surface area contributed by atoms with E-state index in [1.807, 2.05) is 38.1 Å². The molecule has 0 spiro atoms. The summed E-state index contributed by atoms with van der Waals surface area (Å²) in [5.74, 6) is 4.42. The molecule has 3 N–H and O–H groups in total. The fraction of sp³-hybridized carbons (Fsp3) is 0.393. The van der Waals surface area contributed by atoms with E-state index in [1.54, 1.807) is 6.92 Å². The number of hydrogen-bond donors (Lipinski definition) is 3. The van der Waals surface area contributed by atoms with Gasteiger partial charge in [-0.25, -0.2) is 5.48 Å². The van der Waals surface area contributed by atoms with E-state index in [0.717, 1.165) is 29.3 Å². The standard InChI is InChI=1S/C21H21NO.C5H10N2O3.C2H6/c1-16(23)20-11-9-18(10-12-20)4-3-17-5-7-19(8-6-17)15-22(2)21-13-14-21;1-3(4(8)6-2)5(9)7-10;1-2/h5-12,21H,13-15H2,1-2H3;3,10H,1-2H3,(H,6,8)(H,7,9);1-2H3. The second kappa shape index (κ2) is 15.4. The average Bonchev–Trinajstić information content (AvgIpc) is 3.74. The van der Waals surface area contributed by atoms with Crippen molar-refractivity contribution in [1.82, 2.24) is 15.7 Å². The molecular formula is C28H37N3O4. The van der Waals surface area contributed by atoms with Gasteiger partial charge in [0.25, 0.3) is 5.91 Å². The Labute approximate surface area is 208 Å². The Morgan fingerprint density at radius 1 is 0.971 bits per heavy atom. The van der Waals surface area contributed by atoms with Gasteiger partial charge in [-0.15, -0.1) is 0 Å². The Bertz CT molecular complexity index is 1000. The highest BCUT2D eigenvalue weighted by molar-refractivity contribution is 5.99. The number of amides is 2. The molecule has 2 aromatic carbocycles. The Balaban J connectivity index is 0.000000433. The lowest BCUT2D eigenvalue weighted by molar-refractivity contribution is -0.139. The Hall–Kier alpha value is -3.47. The van der Waals surface area contributed by atoms with Crippen LogP contribution < -0.4 is 10.8 Å². The quantitative estimate of drug-likeness (QED) is 0.193. The van der Waals surface area contributed by atoms with E-state index < -0.39 is 17.7 Å². The molecule has 188 valence electrons. The molecule has 7 nitrogen and oxygen atoms in total. The molecule has 1 aliphatic rings. The first-order chi connectivity index (χ1) is 16.7. The minimum absolute atomic E-state index is 0.0799. The van der Waals surface area contributed by atoms with Crippen LogP contribution in [0.3, 0.4) is 0 Å². The largest absolute Gasteiger partial charge is 0.358 e. The number of hydroxylamine groups is 1. The van der Waals surface area contributed by atoms with Crippen molar-refractivity contribution in [2.24, 2.45) is 5.92 Å². The first kappa shape index (κ1) is 29.6. The SMILES string of the molecule is CC.CC(=O)c1ccc(C#Cc2ccc(CN(C)C3CC3)cc2)cc1.CNC(=O)C(C)C(=O)NO. The van der Waals surface area contributed by atoms with Gasteiger partial charge in [-0.1, -0.05) is 50.0 Å². The number of rotatable bonds is 6. The molecule has 0 heterocycles. The fourth-order valence-electron chi connectivity index (χ4n) is 2.99. The molecular weight excluding hydrogens is 442 g/mol. The molecule has 1 aliphatic carbocycles. The molecule has 1 saturated carbocycles. The maximum absolute atomic E-state index is 11.3. The summed E-state index contributed by atoms with van der Waals surface area (Å²) in [5.41, 5.74) is 5.37. The van der Waals surface area contributed by atoms with Gasteiger partial charge in [0.15, 0.2) is 5.78 Å². The zero-order chi connectivity index (χ0) is 26.4. The molecule has 1 unspecified atom stereocenters. The summed E-state index contributed by atoms with van der Waals surface area (Å²) in [6.45, 7) is 7.97. The van der Waals surface area contributed by atoms with Gasteiger partial charge in [0.2, 0.25) is 5.91 Å². The third-order valence-corrected chi connectivity index (χ3v) is 5.34. The van der Waals surface area contributed by atoms with Crippen molar-refractivity contribution < 1.29 is 19.6 Å². The average molecular weight is 480 g/mol. The lowest BCUT2D eigenvalue weighted by Gasteiger charge is -2.15. The summed E-state index contributed by atoms with van der Waals surface area (Å²) in [4.78, 5) is 34.8. The molecule has 2 amide bonds. The number of carbonyl (C=O) groups is 3. The molecule has 1 fully saturated rings. The predicted octanol–water partition coefficient (Wildman–Crippen LogP) is 3.78. The summed E-state index contributed by atoms with van der Waals surface area (Å²) in [7, 11) is 3.61. The van der Waals surface area contributed by atoms with Gasteiger partial charge >= 0.3 is 0 Å². The first-order valence-electron chi connectivity index (χ1n) is 11.8. The van der Waals surface area contributed by atoms with E-state index in [2.05, 4.69) is 53.4 Å². The highest BCUT2D eigenvalue weighted by Crippen LogP contribution is 2.26. The Kier molecular flexibility index (Phi) is 13.0. The molecule has 3 rings (SSSR count). The maximum Gasteiger partial charge on any atom is 0.255 e. The van der Waals surface area contributed by atoms with Crippen molar-refractivity contribution >= 4 is 17.6 Å². The van der Waals surface area contributed by atoms with E-state index in [9.17, 15) is 14.4 Å². The highest BCUT2D eigenvalue weighted by Gasteiger charge is 2.25. The van der Waals surface area contributed by atoms with E-state index in [4.69, 9.17) is 5.21 Å². The zero-order valence-corrected chi connectivity index (χ0v) is 21.5. The molecule has 1 atom stereocenters. The van der Waals surface area contributed by atoms with Crippen molar-refractivity contribution in [3.63, 3.8) is 0 Å². The van der Waals surface area contributed by atoms with Crippen LogP contribution in [0, 0.1) is 17.8 Å². The molecule has 0 saturated heterocycles. The normalized spacial score (nSPS) is 12.5. The Morgan fingerprint density at radius 2 is 1.46 bits per heavy atom. The van der Waals surface area contributed by atoms with E-state index >= 15 is 0 Å². The van der Waals surface area contributed by atoms with Crippen LogP contribution in [0.4, 0.5) is 0 Å². The van der Waals surface area contributed by atoms with Gasteiger partial charge in [-0.05, 0) is 63.6 Å². The van der Waals surface area contributed by atoms with Crippen molar-refractivity contribution in [3.05, 3.63) is 70.8 Å². The number of nitrogens with zero attached hydrogens (tertiary/aromatic N) is 1. The second-order valence-electron chi connectivity index (χ2n) is 8.04. The number of benzene rings is 2. The third-order valence-electron chi connectivity index (χ3n) is 5.34. The van der Waals surface area contributed by atoms with Crippen molar-refractivity contribution in [2.45, 2.75) is 53.1 Å². The number of ketones is 1. The third kappa shape index (κ3) is 10.6. The summed E-state index contributed by atoms with van der Waals surface area (Å²) < 4.78 is 0. The van der Waals surface area contributed by atoms with E-state index in [-0.39, 0.29) is 5.78 Å². The number of nitrogens with one attached hydrogen (secondary N) is 2. The van der Waals surface area contributed by atoms with Crippen LogP contribution in [0.1, 0.15) is 67.6 Å². The lowest BCUT2D eigenvalue weighted by Crippen LogP contribution is -2.36. The molecule has 0 aromatic heterocycles. The van der Waals surface area contributed by atoms with Crippen LogP contribution in [0.25, 0.3) is 0 Å². The van der Waals surface area contributed by atoms with E-state index in [1.165, 1.54) is 37.9 Å². The zero-order valence-electron chi connectivity index (χ0n) is 21.5. The fourth-order valence-corrected chi connectivity index (χ4v) is 2.99. The van der Waals surface area contributed by atoms with Gasteiger partial charge < -0.3 is 5.32 Å². The molecule has 0 bridgehead atoms.